The number of aliphatic hydroxyl groups excluding tert-OH is 1. The molecule has 0 radical (unpaired) electrons. The number of aryl methyl sites for hydroxylation is 1. The van der Waals surface area contributed by atoms with Gasteiger partial charge < -0.3 is 10.8 Å². The Kier molecular flexibility index (Phi) is 6.30. The van der Waals surface area contributed by atoms with Crippen LogP contribution in [0.5, 0.6) is 0 Å². The number of rotatable bonds is 7. The second-order valence-corrected chi connectivity index (χ2v) is 6.46. The topological polar surface area (TPSA) is 46.2 Å². The first-order chi connectivity index (χ1) is 10.1. The van der Waals surface area contributed by atoms with Gasteiger partial charge in [-0.3, -0.25) is 0 Å². The molecule has 3 heteroatoms. The van der Waals surface area contributed by atoms with Crippen molar-refractivity contribution in [1.82, 2.24) is 0 Å². The Morgan fingerprint density at radius 2 is 1.76 bits per heavy atom. The minimum absolute atomic E-state index is 0.211. The van der Waals surface area contributed by atoms with Crippen LogP contribution in [0.25, 0.3) is 0 Å². The first kappa shape index (κ1) is 16.1. The van der Waals surface area contributed by atoms with Crippen molar-refractivity contribution in [2.45, 2.75) is 31.2 Å². The van der Waals surface area contributed by atoms with E-state index in [1.54, 1.807) is 11.8 Å². The van der Waals surface area contributed by atoms with Gasteiger partial charge in [0.2, 0.25) is 0 Å². The fourth-order valence-electron chi connectivity index (χ4n) is 2.25. The number of nitrogens with two attached hydrogens (primary N) is 1. The first-order valence-corrected chi connectivity index (χ1v) is 8.41. The molecule has 2 aromatic carbocycles. The zero-order valence-electron chi connectivity index (χ0n) is 12.4. The fourth-order valence-corrected chi connectivity index (χ4v) is 3.27. The SMILES string of the molecule is Cc1cccc(CSCC(O)C(N)Cc2ccccc2)c1. The predicted molar refractivity (Wildman–Crippen MR) is 91.5 cm³/mol. The summed E-state index contributed by atoms with van der Waals surface area (Å²) in [7, 11) is 0. The maximum Gasteiger partial charge on any atom is 0.0784 e. The Hall–Kier alpha value is -1.29. The van der Waals surface area contributed by atoms with E-state index in [1.165, 1.54) is 16.7 Å². The zero-order valence-corrected chi connectivity index (χ0v) is 13.2. The molecule has 0 bridgehead atoms. The highest BCUT2D eigenvalue weighted by Gasteiger charge is 2.15. The molecule has 0 aliphatic rings. The van der Waals surface area contributed by atoms with E-state index in [0.717, 1.165) is 5.75 Å². The molecule has 0 aromatic heterocycles. The molecule has 2 unspecified atom stereocenters. The Labute approximate surface area is 131 Å². The van der Waals surface area contributed by atoms with Crippen molar-refractivity contribution < 1.29 is 5.11 Å². The molecule has 0 aliphatic carbocycles. The fraction of sp³-hybridized carbons (Fsp3) is 0.333. The second kappa shape index (κ2) is 8.23. The third-order valence-corrected chi connectivity index (χ3v) is 4.56. The van der Waals surface area contributed by atoms with Crippen LogP contribution < -0.4 is 5.73 Å². The van der Waals surface area contributed by atoms with Crippen LogP contribution >= 0.6 is 11.8 Å². The van der Waals surface area contributed by atoms with E-state index in [0.29, 0.717) is 12.2 Å². The van der Waals surface area contributed by atoms with E-state index in [4.69, 9.17) is 5.73 Å². The standard InChI is InChI=1S/C18H23NOS/c1-14-6-5-9-16(10-14)12-21-13-18(20)17(19)11-15-7-3-2-4-8-15/h2-10,17-18,20H,11-13,19H2,1H3. The van der Waals surface area contributed by atoms with Crippen LogP contribution in [0.1, 0.15) is 16.7 Å². The number of hydrogen-bond donors (Lipinski definition) is 2. The summed E-state index contributed by atoms with van der Waals surface area (Å²) in [6, 6.07) is 18.3. The van der Waals surface area contributed by atoms with Crippen molar-refractivity contribution in [2.75, 3.05) is 5.75 Å². The minimum Gasteiger partial charge on any atom is -0.391 e. The van der Waals surface area contributed by atoms with Gasteiger partial charge in [-0.15, -0.1) is 0 Å². The maximum atomic E-state index is 10.2. The molecule has 0 spiro atoms. The molecule has 0 aliphatic heterocycles. The molecular weight excluding hydrogens is 278 g/mol. The summed E-state index contributed by atoms with van der Waals surface area (Å²) in [5.74, 6) is 1.58. The monoisotopic (exact) mass is 301 g/mol. The summed E-state index contributed by atoms with van der Waals surface area (Å²) in [5, 5.41) is 10.2. The van der Waals surface area contributed by atoms with Crippen LogP contribution in [-0.2, 0) is 12.2 Å². The number of thioether (sulfide) groups is 1. The minimum atomic E-state index is -0.472. The molecule has 2 atom stereocenters. The van der Waals surface area contributed by atoms with Gasteiger partial charge in [-0.2, -0.15) is 11.8 Å². The van der Waals surface area contributed by atoms with Gasteiger partial charge in [0.1, 0.15) is 0 Å². The van der Waals surface area contributed by atoms with Gasteiger partial charge in [-0.05, 0) is 24.5 Å². The van der Waals surface area contributed by atoms with Crippen molar-refractivity contribution in [3.63, 3.8) is 0 Å². The van der Waals surface area contributed by atoms with Gasteiger partial charge in [-0.1, -0.05) is 60.2 Å². The van der Waals surface area contributed by atoms with E-state index in [9.17, 15) is 5.11 Å². The number of benzene rings is 2. The molecular formula is C18H23NOS. The number of aliphatic hydroxyl groups is 1. The van der Waals surface area contributed by atoms with Gasteiger partial charge in [0.05, 0.1) is 6.10 Å². The number of hydrogen-bond acceptors (Lipinski definition) is 3. The largest absolute Gasteiger partial charge is 0.391 e. The lowest BCUT2D eigenvalue weighted by atomic mass is 10.0. The average molecular weight is 301 g/mol. The van der Waals surface area contributed by atoms with E-state index < -0.39 is 6.10 Å². The van der Waals surface area contributed by atoms with Crippen molar-refractivity contribution in [2.24, 2.45) is 5.73 Å². The Bertz CT molecular complexity index is 544. The first-order valence-electron chi connectivity index (χ1n) is 7.26. The van der Waals surface area contributed by atoms with E-state index in [2.05, 4.69) is 31.2 Å². The van der Waals surface area contributed by atoms with Crippen molar-refractivity contribution in [3.8, 4) is 0 Å². The van der Waals surface area contributed by atoms with Gasteiger partial charge in [-0.25, -0.2) is 0 Å². The van der Waals surface area contributed by atoms with E-state index in [1.807, 2.05) is 30.3 Å². The molecule has 0 amide bonds. The third kappa shape index (κ3) is 5.54. The zero-order chi connectivity index (χ0) is 15.1. The molecule has 21 heavy (non-hydrogen) atoms. The lowest BCUT2D eigenvalue weighted by molar-refractivity contribution is 0.167. The van der Waals surface area contributed by atoms with Crippen LogP contribution in [0.3, 0.4) is 0 Å². The summed E-state index contributed by atoms with van der Waals surface area (Å²) in [6.45, 7) is 2.10. The van der Waals surface area contributed by atoms with E-state index in [-0.39, 0.29) is 6.04 Å². The summed E-state index contributed by atoms with van der Waals surface area (Å²) in [5.41, 5.74) is 9.83. The average Bonchev–Trinajstić information content (AvgIpc) is 2.48. The Morgan fingerprint density at radius 1 is 1.05 bits per heavy atom. The quantitative estimate of drug-likeness (QED) is 0.826. The highest BCUT2D eigenvalue weighted by atomic mass is 32.2. The predicted octanol–water partition coefficient (Wildman–Crippen LogP) is 3.16. The maximum absolute atomic E-state index is 10.2. The normalized spacial score (nSPS) is 13.9. The molecule has 0 fully saturated rings. The van der Waals surface area contributed by atoms with Crippen molar-refractivity contribution in [3.05, 3.63) is 71.3 Å². The lowest BCUT2D eigenvalue weighted by Gasteiger charge is -2.18. The molecule has 112 valence electrons. The summed E-state index contributed by atoms with van der Waals surface area (Å²) < 4.78 is 0. The lowest BCUT2D eigenvalue weighted by Crippen LogP contribution is -2.38. The van der Waals surface area contributed by atoms with Crippen LogP contribution in [0.2, 0.25) is 0 Å². The molecule has 2 nitrogen and oxygen atoms in total. The summed E-state index contributed by atoms with van der Waals surface area (Å²) in [4.78, 5) is 0. The highest BCUT2D eigenvalue weighted by molar-refractivity contribution is 7.98. The molecule has 0 saturated carbocycles. The molecule has 2 aromatic rings. The highest BCUT2D eigenvalue weighted by Crippen LogP contribution is 2.16. The van der Waals surface area contributed by atoms with Gasteiger partial charge in [0.25, 0.3) is 0 Å². The summed E-state index contributed by atoms with van der Waals surface area (Å²) >= 11 is 1.73. The third-order valence-electron chi connectivity index (χ3n) is 3.45. The van der Waals surface area contributed by atoms with Crippen LogP contribution in [0, 0.1) is 6.92 Å². The van der Waals surface area contributed by atoms with Crippen LogP contribution in [0.4, 0.5) is 0 Å². The van der Waals surface area contributed by atoms with E-state index >= 15 is 0 Å². The smallest absolute Gasteiger partial charge is 0.0784 e. The van der Waals surface area contributed by atoms with Crippen molar-refractivity contribution >= 4 is 11.8 Å². The summed E-state index contributed by atoms with van der Waals surface area (Å²) in [6.07, 6.45) is 0.243. The Morgan fingerprint density at radius 3 is 2.48 bits per heavy atom. The molecule has 0 heterocycles. The van der Waals surface area contributed by atoms with Gasteiger partial charge in [0, 0.05) is 17.5 Å². The molecule has 3 N–H and O–H groups in total. The van der Waals surface area contributed by atoms with Crippen LogP contribution in [0.15, 0.2) is 54.6 Å². The second-order valence-electron chi connectivity index (χ2n) is 5.43. The molecule has 2 rings (SSSR count). The van der Waals surface area contributed by atoms with Crippen molar-refractivity contribution in [1.29, 1.82) is 0 Å². The van der Waals surface area contributed by atoms with Gasteiger partial charge in [0.15, 0.2) is 0 Å². The molecule has 0 saturated heterocycles. The Balaban J connectivity index is 1.75. The van der Waals surface area contributed by atoms with Gasteiger partial charge >= 0.3 is 0 Å². The van der Waals surface area contributed by atoms with Crippen LogP contribution in [-0.4, -0.2) is 23.0 Å².